The second kappa shape index (κ2) is 5.47. The molecule has 0 aliphatic heterocycles. The van der Waals surface area contributed by atoms with Gasteiger partial charge in [0.25, 0.3) is 5.91 Å². The molecule has 2 heterocycles. The van der Waals surface area contributed by atoms with Crippen molar-refractivity contribution in [3.8, 4) is 0 Å². The molecule has 0 radical (unpaired) electrons. The van der Waals surface area contributed by atoms with Crippen LogP contribution >= 0.6 is 11.3 Å². The Hall–Kier alpha value is -1.90. The largest absolute Gasteiger partial charge is 0.397 e. The van der Waals surface area contributed by atoms with Gasteiger partial charge in [-0.2, -0.15) is 18.3 Å². The first-order valence-electron chi connectivity index (χ1n) is 6.07. The van der Waals surface area contributed by atoms with Crippen molar-refractivity contribution in [2.75, 3.05) is 12.3 Å². The van der Waals surface area contributed by atoms with Gasteiger partial charge in [0.15, 0.2) is 0 Å². The van der Waals surface area contributed by atoms with Crippen LogP contribution in [0.3, 0.4) is 0 Å². The smallest absolute Gasteiger partial charge is 0.390 e. The van der Waals surface area contributed by atoms with E-state index in [2.05, 4.69) is 15.5 Å². The zero-order chi connectivity index (χ0) is 15.8. The third-order valence-electron chi connectivity index (χ3n) is 3.04. The second-order valence-corrected chi connectivity index (χ2v) is 5.56. The molecule has 21 heavy (non-hydrogen) atoms. The summed E-state index contributed by atoms with van der Waals surface area (Å²) in [6.07, 6.45) is -5.39. The van der Waals surface area contributed by atoms with Crippen LogP contribution in [0, 0.1) is 13.8 Å². The van der Waals surface area contributed by atoms with Crippen LogP contribution in [0.5, 0.6) is 0 Å². The topological polar surface area (TPSA) is 80.9 Å². The number of hydrogen-bond acceptors (Lipinski definition) is 5. The molecule has 9 heteroatoms. The quantitative estimate of drug-likeness (QED) is 0.911. The lowest BCUT2D eigenvalue weighted by Crippen LogP contribution is -2.27. The van der Waals surface area contributed by atoms with Crippen molar-refractivity contribution in [3.63, 3.8) is 0 Å². The van der Waals surface area contributed by atoms with E-state index in [0.717, 1.165) is 16.9 Å². The summed E-state index contributed by atoms with van der Waals surface area (Å²) in [5.74, 6) is -0.628. The van der Waals surface area contributed by atoms with Gasteiger partial charge in [-0.25, -0.2) is 0 Å². The number of aromatic nitrogens is 2. The molecule has 3 N–H and O–H groups in total. The highest BCUT2D eigenvalue weighted by molar-refractivity contribution is 7.21. The summed E-state index contributed by atoms with van der Waals surface area (Å²) >= 11 is 1.02. The first kappa shape index (κ1) is 15.5. The second-order valence-electron chi connectivity index (χ2n) is 4.56. The van der Waals surface area contributed by atoms with Crippen LogP contribution in [0.1, 0.15) is 27.3 Å². The molecule has 0 saturated heterocycles. The number of rotatable bonds is 3. The number of thiophene rings is 1. The molecule has 0 aromatic carbocycles. The molecule has 114 valence electrons. The van der Waals surface area contributed by atoms with Gasteiger partial charge in [-0.1, -0.05) is 0 Å². The summed E-state index contributed by atoms with van der Waals surface area (Å²) in [7, 11) is 0. The number of carbonyl (C=O) groups excluding carboxylic acids is 1. The Morgan fingerprint density at radius 3 is 2.62 bits per heavy atom. The van der Waals surface area contributed by atoms with Crippen LogP contribution in [0.15, 0.2) is 0 Å². The average molecular weight is 318 g/mol. The maximum absolute atomic E-state index is 12.1. The molecule has 2 aromatic heterocycles. The van der Waals surface area contributed by atoms with E-state index in [4.69, 9.17) is 5.73 Å². The minimum atomic E-state index is -4.31. The van der Waals surface area contributed by atoms with Gasteiger partial charge in [0.2, 0.25) is 0 Å². The van der Waals surface area contributed by atoms with Crippen molar-refractivity contribution in [2.45, 2.75) is 26.4 Å². The van der Waals surface area contributed by atoms with Crippen molar-refractivity contribution in [1.29, 1.82) is 0 Å². The van der Waals surface area contributed by atoms with Gasteiger partial charge in [0, 0.05) is 11.9 Å². The fourth-order valence-corrected chi connectivity index (χ4v) is 2.82. The Morgan fingerprint density at radius 2 is 2.00 bits per heavy atom. The van der Waals surface area contributed by atoms with Gasteiger partial charge in [-0.15, -0.1) is 16.4 Å². The fraction of sp³-hybridized carbons (Fsp3) is 0.417. The summed E-state index contributed by atoms with van der Waals surface area (Å²) in [5.41, 5.74) is 7.66. The van der Waals surface area contributed by atoms with Gasteiger partial charge < -0.3 is 11.1 Å². The first-order valence-corrected chi connectivity index (χ1v) is 6.89. The molecule has 0 aliphatic carbocycles. The monoisotopic (exact) mass is 318 g/mol. The summed E-state index contributed by atoms with van der Waals surface area (Å²) in [6.45, 7) is 3.09. The average Bonchev–Trinajstić information content (AvgIpc) is 2.70. The van der Waals surface area contributed by atoms with E-state index >= 15 is 0 Å². The number of nitrogens with zero attached hydrogens (tertiary/aromatic N) is 2. The van der Waals surface area contributed by atoms with E-state index in [-0.39, 0.29) is 10.6 Å². The van der Waals surface area contributed by atoms with Crippen LogP contribution in [0.25, 0.3) is 10.2 Å². The van der Waals surface area contributed by atoms with Gasteiger partial charge in [-0.3, -0.25) is 4.79 Å². The molecule has 0 saturated carbocycles. The number of fused-ring (bicyclic) bond motifs is 1. The molecule has 5 nitrogen and oxygen atoms in total. The normalized spacial score (nSPS) is 11.9. The maximum atomic E-state index is 12.1. The number of nitrogens with one attached hydrogen (secondary N) is 1. The van der Waals surface area contributed by atoms with Crippen LogP contribution in [-0.2, 0) is 0 Å². The molecule has 0 fully saturated rings. The number of carbonyl (C=O) groups is 1. The summed E-state index contributed by atoms with van der Waals surface area (Å²) in [5, 5.41) is 10.7. The zero-order valence-corrected chi connectivity index (χ0v) is 12.2. The molecular weight excluding hydrogens is 305 g/mol. The molecule has 0 spiro atoms. The van der Waals surface area contributed by atoms with E-state index in [1.807, 2.05) is 0 Å². The minimum absolute atomic E-state index is 0.162. The van der Waals surface area contributed by atoms with Crippen LogP contribution in [0.4, 0.5) is 18.9 Å². The van der Waals surface area contributed by atoms with Crippen molar-refractivity contribution in [3.05, 3.63) is 16.1 Å². The Kier molecular flexibility index (Phi) is 4.04. The number of alkyl halides is 3. The molecule has 0 bridgehead atoms. The fourth-order valence-electron chi connectivity index (χ4n) is 1.81. The highest BCUT2D eigenvalue weighted by atomic mass is 32.1. The van der Waals surface area contributed by atoms with E-state index in [1.165, 1.54) is 0 Å². The third-order valence-corrected chi connectivity index (χ3v) is 4.12. The summed E-state index contributed by atoms with van der Waals surface area (Å²) in [4.78, 5) is 12.6. The van der Waals surface area contributed by atoms with Crippen LogP contribution < -0.4 is 11.1 Å². The molecular formula is C12H13F3N4OS. The lowest BCUT2D eigenvalue weighted by molar-refractivity contribution is -0.132. The first-order chi connectivity index (χ1) is 9.70. The van der Waals surface area contributed by atoms with E-state index < -0.39 is 25.0 Å². The summed E-state index contributed by atoms with van der Waals surface area (Å²) < 4.78 is 36.2. The van der Waals surface area contributed by atoms with Crippen molar-refractivity contribution in [1.82, 2.24) is 15.5 Å². The van der Waals surface area contributed by atoms with Crippen molar-refractivity contribution >= 4 is 33.1 Å². The van der Waals surface area contributed by atoms with Gasteiger partial charge in [-0.05, 0) is 19.4 Å². The number of anilines is 1. The number of aryl methyl sites for hydroxylation is 2. The minimum Gasteiger partial charge on any atom is -0.397 e. The van der Waals surface area contributed by atoms with Gasteiger partial charge >= 0.3 is 6.18 Å². The van der Waals surface area contributed by atoms with Crippen molar-refractivity contribution in [2.24, 2.45) is 0 Å². The van der Waals surface area contributed by atoms with E-state index in [0.29, 0.717) is 15.9 Å². The number of nitrogen functional groups attached to an aromatic ring is 1. The lowest BCUT2D eigenvalue weighted by Gasteiger charge is -2.07. The molecule has 1 amide bonds. The molecule has 0 aliphatic rings. The summed E-state index contributed by atoms with van der Waals surface area (Å²) in [6, 6.07) is 0. The zero-order valence-electron chi connectivity index (χ0n) is 11.3. The number of halogens is 3. The van der Waals surface area contributed by atoms with Gasteiger partial charge in [0.05, 0.1) is 17.8 Å². The maximum Gasteiger partial charge on any atom is 0.390 e. The number of nitrogens with two attached hydrogens (primary N) is 1. The standard InChI is InChI=1S/C12H13F3N4OS/c1-5-6(2)18-19-11-7(5)8(16)9(21-11)10(20)17-4-3-12(13,14)15/h3-4,16H2,1-2H3,(H,17,20). The highest BCUT2D eigenvalue weighted by Gasteiger charge is 2.27. The Morgan fingerprint density at radius 1 is 1.33 bits per heavy atom. The van der Waals surface area contributed by atoms with Crippen molar-refractivity contribution < 1.29 is 18.0 Å². The lowest BCUT2D eigenvalue weighted by atomic mass is 10.1. The van der Waals surface area contributed by atoms with E-state index in [1.54, 1.807) is 13.8 Å². The number of hydrogen-bond donors (Lipinski definition) is 2. The van der Waals surface area contributed by atoms with Gasteiger partial charge in [0.1, 0.15) is 9.71 Å². The Balaban J connectivity index is 2.25. The number of amides is 1. The van der Waals surface area contributed by atoms with Crippen LogP contribution in [-0.4, -0.2) is 28.8 Å². The molecule has 0 atom stereocenters. The predicted molar refractivity (Wildman–Crippen MR) is 74.3 cm³/mol. The third kappa shape index (κ3) is 3.23. The molecule has 2 rings (SSSR count). The highest BCUT2D eigenvalue weighted by Crippen LogP contribution is 2.34. The Labute approximate surface area is 122 Å². The Bertz CT molecular complexity index is 696. The molecule has 0 unspecified atom stereocenters. The SMILES string of the molecule is Cc1nnc2sc(C(=O)NCCC(F)(F)F)c(N)c2c1C. The van der Waals surface area contributed by atoms with E-state index in [9.17, 15) is 18.0 Å². The van der Waals surface area contributed by atoms with Crippen LogP contribution in [0.2, 0.25) is 0 Å². The molecule has 2 aromatic rings. The predicted octanol–water partition coefficient (Wildman–Crippen LogP) is 2.57.